The van der Waals surface area contributed by atoms with Gasteiger partial charge in [0, 0.05) is 24.5 Å². The Morgan fingerprint density at radius 1 is 0.923 bits per heavy atom. The fourth-order valence-corrected chi connectivity index (χ4v) is 2.83. The molecule has 1 aromatic heterocycles. The molecule has 132 valence electrons. The third-order valence-corrected chi connectivity index (χ3v) is 4.23. The standard InChI is InChI=1S/C21H20N2O3/c24-19(25)11-10-15-6-8-16(9-7-15)12-14-23-21(26)18-5-1-3-17-4-2-13-22-20(17)18/h1-9,13H,10-12,14H2,(H,23,26)(H,24,25). The average Bonchev–Trinajstić information content (AvgIpc) is 2.66. The minimum atomic E-state index is -0.792. The number of carboxylic acid groups (broad SMARTS) is 1. The Bertz CT molecular complexity index is 915. The molecule has 0 atom stereocenters. The first-order valence-electron chi connectivity index (χ1n) is 8.55. The zero-order valence-electron chi connectivity index (χ0n) is 14.3. The van der Waals surface area contributed by atoms with Crippen LogP contribution in [0.1, 0.15) is 27.9 Å². The molecule has 3 rings (SSSR count). The van der Waals surface area contributed by atoms with Crippen molar-refractivity contribution < 1.29 is 14.7 Å². The van der Waals surface area contributed by atoms with Crippen molar-refractivity contribution in [2.24, 2.45) is 0 Å². The Morgan fingerprint density at radius 2 is 1.62 bits per heavy atom. The average molecular weight is 348 g/mol. The number of nitrogens with one attached hydrogen (secondary N) is 1. The van der Waals surface area contributed by atoms with Crippen molar-refractivity contribution in [2.75, 3.05) is 6.54 Å². The van der Waals surface area contributed by atoms with Gasteiger partial charge >= 0.3 is 5.97 Å². The quantitative estimate of drug-likeness (QED) is 0.687. The van der Waals surface area contributed by atoms with Gasteiger partial charge in [0.2, 0.25) is 0 Å². The van der Waals surface area contributed by atoms with Crippen LogP contribution < -0.4 is 5.32 Å². The smallest absolute Gasteiger partial charge is 0.303 e. The fraction of sp³-hybridized carbons (Fsp3) is 0.190. The van der Waals surface area contributed by atoms with E-state index in [2.05, 4.69) is 10.3 Å². The predicted octanol–water partition coefficient (Wildman–Crippen LogP) is 3.22. The molecule has 1 amide bonds. The summed E-state index contributed by atoms with van der Waals surface area (Å²) in [5.74, 6) is -0.924. The third kappa shape index (κ3) is 4.45. The van der Waals surface area contributed by atoms with Crippen LogP contribution in [0.25, 0.3) is 10.9 Å². The number of aromatic nitrogens is 1. The van der Waals surface area contributed by atoms with Crippen molar-refractivity contribution in [3.05, 3.63) is 77.5 Å². The molecule has 0 spiro atoms. The van der Waals surface area contributed by atoms with E-state index in [4.69, 9.17) is 5.11 Å². The second-order valence-corrected chi connectivity index (χ2v) is 6.10. The highest BCUT2D eigenvalue weighted by molar-refractivity contribution is 6.05. The zero-order chi connectivity index (χ0) is 18.4. The van der Waals surface area contributed by atoms with Gasteiger partial charge in [-0.1, -0.05) is 42.5 Å². The molecule has 0 radical (unpaired) electrons. The minimum absolute atomic E-state index is 0.132. The topological polar surface area (TPSA) is 79.3 Å². The van der Waals surface area contributed by atoms with Crippen LogP contribution in [-0.4, -0.2) is 28.5 Å². The minimum Gasteiger partial charge on any atom is -0.481 e. The molecule has 0 bridgehead atoms. The summed E-state index contributed by atoms with van der Waals surface area (Å²) in [4.78, 5) is 27.3. The molecule has 5 nitrogen and oxygen atoms in total. The van der Waals surface area contributed by atoms with Gasteiger partial charge in [0.25, 0.3) is 5.91 Å². The van der Waals surface area contributed by atoms with E-state index < -0.39 is 5.97 Å². The molecule has 3 aromatic rings. The van der Waals surface area contributed by atoms with Gasteiger partial charge in [0.05, 0.1) is 11.1 Å². The molecule has 0 fully saturated rings. The van der Waals surface area contributed by atoms with Crippen LogP contribution in [0.4, 0.5) is 0 Å². The second kappa shape index (κ2) is 8.25. The molecule has 2 N–H and O–H groups in total. The lowest BCUT2D eigenvalue weighted by atomic mass is 10.1. The second-order valence-electron chi connectivity index (χ2n) is 6.10. The lowest BCUT2D eigenvalue weighted by molar-refractivity contribution is -0.136. The van der Waals surface area contributed by atoms with E-state index in [-0.39, 0.29) is 12.3 Å². The number of fused-ring (bicyclic) bond motifs is 1. The van der Waals surface area contributed by atoms with Crippen LogP contribution in [0.5, 0.6) is 0 Å². The van der Waals surface area contributed by atoms with Gasteiger partial charge in [-0.2, -0.15) is 0 Å². The number of aliphatic carboxylic acids is 1. The highest BCUT2D eigenvalue weighted by Crippen LogP contribution is 2.15. The maximum atomic E-state index is 12.4. The van der Waals surface area contributed by atoms with Crippen LogP contribution >= 0.6 is 0 Å². The Kier molecular flexibility index (Phi) is 5.59. The van der Waals surface area contributed by atoms with Gasteiger partial charge in [-0.25, -0.2) is 0 Å². The van der Waals surface area contributed by atoms with Gasteiger partial charge in [-0.05, 0) is 36.1 Å². The number of hydrogen-bond acceptors (Lipinski definition) is 3. The van der Waals surface area contributed by atoms with E-state index in [0.717, 1.165) is 16.5 Å². The van der Waals surface area contributed by atoms with E-state index in [9.17, 15) is 9.59 Å². The Morgan fingerprint density at radius 3 is 2.35 bits per heavy atom. The Balaban J connectivity index is 1.56. The fourth-order valence-electron chi connectivity index (χ4n) is 2.83. The van der Waals surface area contributed by atoms with Crippen molar-refractivity contribution in [3.8, 4) is 0 Å². The monoisotopic (exact) mass is 348 g/mol. The number of hydrogen-bond donors (Lipinski definition) is 2. The summed E-state index contributed by atoms with van der Waals surface area (Å²) in [5.41, 5.74) is 3.38. The Labute approximate surface area is 151 Å². The number of aryl methyl sites for hydroxylation is 1. The number of rotatable bonds is 7. The summed E-state index contributed by atoms with van der Waals surface area (Å²) in [6, 6.07) is 17.2. The van der Waals surface area contributed by atoms with E-state index >= 15 is 0 Å². The van der Waals surface area contributed by atoms with E-state index in [1.807, 2.05) is 48.5 Å². The maximum absolute atomic E-state index is 12.4. The molecule has 2 aromatic carbocycles. The van der Waals surface area contributed by atoms with Crippen LogP contribution in [0, 0.1) is 0 Å². The first kappa shape index (κ1) is 17.6. The number of nitrogens with zero attached hydrogens (tertiary/aromatic N) is 1. The highest BCUT2D eigenvalue weighted by atomic mass is 16.4. The van der Waals surface area contributed by atoms with Crippen molar-refractivity contribution >= 4 is 22.8 Å². The van der Waals surface area contributed by atoms with Gasteiger partial charge in [0.1, 0.15) is 0 Å². The molecular weight excluding hydrogens is 328 g/mol. The summed E-state index contributed by atoms with van der Waals surface area (Å²) in [6.07, 6.45) is 3.06. The first-order chi connectivity index (χ1) is 12.6. The molecule has 0 saturated heterocycles. The van der Waals surface area contributed by atoms with Crippen molar-refractivity contribution in [1.29, 1.82) is 0 Å². The number of pyridine rings is 1. The number of carbonyl (C=O) groups excluding carboxylic acids is 1. The van der Waals surface area contributed by atoms with Gasteiger partial charge in [0.15, 0.2) is 0 Å². The highest BCUT2D eigenvalue weighted by Gasteiger charge is 2.10. The summed E-state index contributed by atoms with van der Waals surface area (Å²) < 4.78 is 0. The molecule has 0 aliphatic carbocycles. The lowest BCUT2D eigenvalue weighted by Gasteiger charge is -2.08. The van der Waals surface area contributed by atoms with Crippen molar-refractivity contribution in [3.63, 3.8) is 0 Å². The van der Waals surface area contributed by atoms with Crippen LogP contribution in [0.15, 0.2) is 60.8 Å². The number of benzene rings is 2. The summed E-state index contributed by atoms with van der Waals surface area (Å²) in [7, 11) is 0. The summed E-state index contributed by atoms with van der Waals surface area (Å²) in [5, 5.41) is 12.6. The maximum Gasteiger partial charge on any atom is 0.303 e. The van der Waals surface area contributed by atoms with Crippen LogP contribution in [0.2, 0.25) is 0 Å². The van der Waals surface area contributed by atoms with Crippen molar-refractivity contribution in [2.45, 2.75) is 19.3 Å². The molecule has 26 heavy (non-hydrogen) atoms. The van der Waals surface area contributed by atoms with Crippen LogP contribution in [0.3, 0.4) is 0 Å². The molecular formula is C21H20N2O3. The summed E-state index contributed by atoms with van der Waals surface area (Å²) >= 11 is 0. The molecule has 1 heterocycles. The lowest BCUT2D eigenvalue weighted by Crippen LogP contribution is -2.26. The number of amides is 1. The van der Waals surface area contributed by atoms with Gasteiger partial charge < -0.3 is 10.4 Å². The predicted molar refractivity (Wildman–Crippen MR) is 100 cm³/mol. The number of para-hydroxylation sites is 1. The van der Waals surface area contributed by atoms with E-state index in [1.165, 1.54) is 0 Å². The normalized spacial score (nSPS) is 10.6. The number of carboxylic acids is 1. The molecule has 5 heteroatoms. The SMILES string of the molecule is O=C(O)CCc1ccc(CCNC(=O)c2cccc3cccnc23)cc1. The summed E-state index contributed by atoms with van der Waals surface area (Å²) in [6.45, 7) is 0.524. The Hall–Kier alpha value is -3.21. The van der Waals surface area contributed by atoms with Crippen LogP contribution in [-0.2, 0) is 17.6 Å². The van der Waals surface area contributed by atoms with E-state index in [0.29, 0.717) is 30.5 Å². The van der Waals surface area contributed by atoms with Gasteiger partial charge in [-0.3, -0.25) is 14.6 Å². The number of carbonyl (C=O) groups is 2. The molecule has 0 aliphatic heterocycles. The zero-order valence-corrected chi connectivity index (χ0v) is 14.3. The van der Waals surface area contributed by atoms with E-state index in [1.54, 1.807) is 12.3 Å². The first-order valence-corrected chi connectivity index (χ1v) is 8.55. The molecule has 0 aliphatic rings. The largest absolute Gasteiger partial charge is 0.481 e. The van der Waals surface area contributed by atoms with Gasteiger partial charge in [-0.15, -0.1) is 0 Å². The third-order valence-electron chi connectivity index (χ3n) is 4.23. The molecule has 0 unspecified atom stereocenters. The van der Waals surface area contributed by atoms with Crippen molar-refractivity contribution in [1.82, 2.24) is 10.3 Å². The molecule has 0 saturated carbocycles.